The minimum atomic E-state index is -3.96. The summed E-state index contributed by atoms with van der Waals surface area (Å²) in [5.41, 5.74) is 2.58. The van der Waals surface area contributed by atoms with Crippen LogP contribution in [0.25, 0.3) is 11.1 Å². The summed E-state index contributed by atoms with van der Waals surface area (Å²) in [6.45, 7) is 4.25. The number of carboxylic acids is 1. The van der Waals surface area contributed by atoms with Gasteiger partial charge in [0.05, 0.1) is 19.3 Å². The summed E-state index contributed by atoms with van der Waals surface area (Å²) in [4.78, 5) is 13.7. The number of aliphatic hydroxyl groups is 1. The number of fused-ring (bicyclic) bond motifs is 1. The van der Waals surface area contributed by atoms with Gasteiger partial charge in [-0.05, 0) is 61.0 Å². The largest absolute Gasteiger partial charge is 0.497 e. The quantitative estimate of drug-likeness (QED) is 0.399. The highest BCUT2D eigenvalue weighted by Crippen LogP contribution is 2.37. The molecule has 0 amide bonds. The lowest BCUT2D eigenvalue weighted by atomic mass is 10.0. The maximum atomic E-state index is 13.8. The van der Waals surface area contributed by atoms with Crippen molar-refractivity contribution in [1.29, 1.82) is 0 Å². The number of hydrogen-bond acceptors (Lipinski definition) is 7. The summed E-state index contributed by atoms with van der Waals surface area (Å²) >= 11 is 0. The fourth-order valence-corrected chi connectivity index (χ4v) is 6.76. The predicted molar refractivity (Wildman–Crippen MR) is 152 cm³/mol. The fraction of sp³-hybridized carbons (Fsp3) is 0.367. The Kier molecular flexibility index (Phi) is 9.15. The smallest absolute Gasteiger partial charge is 0.336 e. The SMILES string of the molecule is COc1ccc(-c2ccc3c(c2)O[C@@H](CN(C)Cc2ccccc2C(=O)O)[C@@H](C)CN([C@H](C)CO)S3(=O)=O)cc1. The van der Waals surface area contributed by atoms with Crippen molar-refractivity contribution in [2.45, 2.75) is 37.4 Å². The van der Waals surface area contributed by atoms with E-state index >= 15 is 0 Å². The molecule has 1 aliphatic rings. The van der Waals surface area contributed by atoms with Crippen LogP contribution in [0.5, 0.6) is 11.5 Å². The van der Waals surface area contributed by atoms with Gasteiger partial charge in [-0.1, -0.05) is 43.3 Å². The van der Waals surface area contributed by atoms with Crippen molar-refractivity contribution in [3.05, 3.63) is 77.9 Å². The lowest BCUT2D eigenvalue weighted by Gasteiger charge is -2.37. The number of carboxylic acid groups (broad SMARTS) is 1. The van der Waals surface area contributed by atoms with Crippen LogP contribution < -0.4 is 9.47 Å². The Morgan fingerprint density at radius 3 is 2.45 bits per heavy atom. The Labute approximate surface area is 235 Å². The Balaban J connectivity index is 1.71. The van der Waals surface area contributed by atoms with E-state index < -0.39 is 28.1 Å². The number of aromatic carboxylic acids is 1. The highest BCUT2D eigenvalue weighted by Gasteiger charge is 2.38. The topological polar surface area (TPSA) is 117 Å². The molecule has 214 valence electrons. The summed E-state index contributed by atoms with van der Waals surface area (Å²) < 4.78 is 40.6. The van der Waals surface area contributed by atoms with E-state index in [9.17, 15) is 23.4 Å². The molecule has 0 saturated carbocycles. The molecule has 0 radical (unpaired) electrons. The van der Waals surface area contributed by atoms with Crippen molar-refractivity contribution < 1.29 is 32.9 Å². The molecule has 2 N–H and O–H groups in total. The number of ether oxygens (including phenoxy) is 2. The molecule has 0 aromatic heterocycles. The van der Waals surface area contributed by atoms with Gasteiger partial charge in [-0.15, -0.1) is 0 Å². The van der Waals surface area contributed by atoms with Gasteiger partial charge in [0.15, 0.2) is 0 Å². The zero-order valence-electron chi connectivity index (χ0n) is 23.1. The number of likely N-dealkylation sites (N-methyl/N-ethyl adjacent to an activating group) is 1. The average Bonchev–Trinajstić information content (AvgIpc) is 2.94. The highest BCUT2D eigenvalue weighted by molar-refractivity contribution is 7.89. The van der Waals surface area contributed by atoms with E-state index in [0.717, 1.165) is 11.1 Å². The molecular weight excluding hydrogens is 532 g/mol. The first-order valence-electron chi connectivity index (χ1n) is 13.1. The maximum absolute atomic E-state index is 13.8. The standard InChI is InChI=1S/C30H36N2O7S/c1-20-16-32(21(2)19-33)40(36,37)29-14-11-23(22-9-12-25(38-4)13-10-22)15-27(29)39-28(20)18-31(3)17-24-7-5-6-8-26(24)30(34)35/h5-15,20-21,28,33H,16-19H2,1-4H3,(H,34,35)/t20-,21+,28-/m0/s1. The molecular formula is C30H36N2O7S. The number of benzene rings is 3. The summed E-state index contributed by atoms with van der Waals surface area (Å²) in [5.74, 6) is -0.277. The Bertz CT molecular complexity index is 1440. The van der Waals surface area contributed by atoms with Gasteiger partial charge in [0.25, 0.3) is 0 Å². The van der Waals surface area contributed by atoms with Crippen molar-refractivity contribution in [1.82, 2.24) is 9.21 Å². The van der Waals surface area contributed by atoms with Gasteiger partial charge >= 0.3 is 5.97 Å². The third-order valence-electron chi connectivity index (χ3n) is 7.27. The second kappa shape index (κ2) is 12.4. The molecule has 0 saturated heterocycles. The molecule has 3 aromatic carbocycles. The molecule has 0 aliphatic carbocycles. The van der Waals surface area contributed by atoms with E-state index in [-0.39, 0.29) is 35.3 Å². The third kappa shape index (κ3) is 6.31. The molecule has 1 aliphatic heterocycles. The van der Waals surface area contributed by atoms with Gasteiger partial charge < -0.3 is 19.7 Å². The van der Waals surface area contributed by atoms with Gasteiger partial charge in [0.2, 0.25) is 10.0 Å². The molecule has 0 fully saturated rings. The van der Waals surface area contributed by atoms with E-state index in [1.54, 1.807) is 56.5 Å². The van der Waals surface area contributed by atoms with Crippen LogP contribution in [0.15, 0.2) is 71.6 Å². The summed E-state index contributed by atoms with van der Waals surface area (Å²) in [7, 11) is -0.487. The zero-order valence-corrected chi connectivity index (χ0v) is 24.0. The van der Waals surface area contributed by atoms with Crippen LogP contribution in [0, 0.1) is 5.92 Å². The predicted octanol–water partition coefficient (Wildman–Crippen LogP) is 3.96. The Hall–Kier alpha value is -3.44. The second-order valence-corrected chi connectivity index (χ2v) is 12.1. The monoisotopic (exact) mass is 568 g/mol. The average molecular weight is 569 g/mol. The van der Waals surface area contributed by atoms with Crippen LogP contribution in [-0.4, -0.2) is 79.8 Å². The summed E-state index contributed by atoms with van der Waals surface area (Å²) in [6.07, 6.45) is -0.421. The molecule has 9 nitrogen and oxygen atoms in total. The van der Waals surface area contributed by atoms with Gasteiger partial charge in [-0.2, -0.15) is 4.31 Å². The number of sulfonamides is 1. The fourth-order valence-electron chi connectivity index (χ4n) is 4.94. The number of aliphatic hydroxyl groups excluding tert-OH is 1. The highest BCUT2D eigenvalue weighted by atomic mass is 32.2. The van der Waals surface area contributed by atoms with Crippen LogP contribution in [0.3, 0.4) is 0 Å². The van der Waals surface area contributed by atoms with E-state index in [0.29, 0.717) is 24.4 Å². The lowest BCUT2D eigenvalue weighted by Crippen LogP contribution is -2.49. The Morgan fingerprint density at radius 1 is 1.12 bits per heavy atom. The lowest BCUT2D eigenvalue weighted by molar-refractivity contribution is 0.0686. The molecule has 3 atom stereocenters. The molecule has 40 heavy (non-hydrogen) atoms. The molecule has 0 unspecified atom stereocenters. The first-order chi connectivity index (χ1) is 19.0. The van der Waals surface area contributed by atoms with Crippen LogP contribution in [0.2, 0.25) is 0 Å². The number of carbonyl (C=O) groups is 1. The first-order valence-corrected chi connectivity index (χ1v) is 14.6. The van der Waals surface area contributed by atoms with E-state index in [4.69, 9.17) is 9.47 Å². The van der Waals surface area contributed by atoms with Crippen LogP contribution in [0.1, 0.15) is 29.8 Å². The summed E-state index contributed by atoms with van der Waals surface area (Å²) in [6, 6.07) is 18.7. The second-order valence-electron chi connectivity index (χ2n) is 10.3. The molecule has 10 heteroatoms. The number of hydrogen-bond donors (Lipinski definition) is 2. The first kappa shape index (κ1) is 29.5. The molecule has 0 spiro atoms. The van der Waals surface area contributed by atoms with Crippen molar-refractivity contribution in [3.8, 4) is 22.6 Å². The van der Waals surface area contributed by atoms with Crippen molar-refractivity contribution in [2.75, 3.05) is 33.9 Å². The van der Waals surface area contributed by atoms with Gasteiger partial charge in [-0.3, -0.25) is 4.90 Å². The third-order valence-corrected chi connectivity index (χ3v) is 9.29. The van der Waals surface area contributed by atoms with E-state index in [1.165, 1.54) is 4.31 Å². The molecule has 1 heterocycles. The maximum Gasteiger partial charge on any atom is 0.336 e. The van der Waals surface area contributed by atoms with E-state index in [1.807, 2.05) is 43.1 Å². The molecule has 4 rings (SSSR count). The van der Waals surface area contributed by atoms with Crippen molar-refractivity contribution >= 4 is 16.0 Å². The van der Waals surface area contributed by atoms with Crippen molar-refractivity contribution in [2.24, 2.45) is 5.92 Å². The van der Waals surface area contributed by atoms with Crippen molar-refractivity contribution in [3.63, 3.8) is 0 Å². The van der Waals surface area contributed by atoms with Crippen LogP contribution >= 0.6 is 0 Å². The number of rotatable bonds is 9. The molecule has 3 aromatic rings. The normalized spacial score (nSPS) is 19.6. The van der Waals surface area contributed by atoms with Gasteiger partial charge in [0, 0.05) is 31.6 Å². The minimum absolute atomic E-state index is 0.0424. The zero-order chi connectivity index (χ0) is 29.0. The Morgan fingerprint density at radius 2 is 1.80 bits per heavy atom. The van der Waals surface area contributed by atoms with E-state index in [2.05, 4.69) is 0 Å². The molecule has 0 bridgehead atoms. The van der Waals surface area contributed by atoms with Gasteiger partial charge in [0.1, 0.15) is 22.5 Å². The van der Waals surface area contributed by atoms with Crippen LogP contribution in [-0.2, 0) is 16.6 Å². The van der Waals surface area contributed by atoms with Crippen LogP contribution in [0.4, 0.5) is 0 Å². The number of methoxy groups -OCH3 is 1. The number of nitrogens with zero attached hydrogens (tertiary/aromatic N) is 2. The van der Waals surface area contributed by atoms with Gasteiger partial charge in [-0.25, -0.2) is 13.2 Å². The summed E-state index contributed by atoms with van der Waals surface area (Å²) in [5, 5.41) is 19.5. The minimum Gasteiger partial charge on any atom is -0.497 e.